The highest BCUT2D eigenvalue weighted by Gasteiger charge is 2.33. The van der Waals surface area contributed by atoms with E-state index in [-0.39, 0.29) is 18.3 Å². The van der Waals surface area contributed by atoms with Crippen molar-refractivity contribution in [2.24, 2.45) is 0 Å². The van der Waals surface area contributed by atoms with E-state index in [0.29, 0.717) is 22.8 Å². The minimum atomic E-state index is -0.808. The van der Waals surface area contributed by atoms with Crippen LogP contribution in [-0.4, -0.2) is 35.2 Å². The minimum Gasteiger partial charge on any atom is -0.482 e. The van der Waals surface area contributed by atoms with Gasteiger partial charge in [0.15, 0.2) is 12.4 Å². The zero-order valence-electron chi connectivity index (χ0n) is 14.2. The number of nitrogens with one attached hydrogen (secondary N) is 1. The van der Waals surface area contributed by atoms with Crippen molar-refractivity contribution in [3.8, 4) is 5.75 Å². The zero-order valence-corrected chi connectivity index (χ0v) is 15.7. The van der Waals surface area contributed by atoms with Crippen molar-refractivity contribution in [2.75, 3.05) is 16.8 Å². The molecule has 0 saturated carbocycles. The average molecular weight is 418 g/mol. The van der Waals surface area contributed by atoms with Gasteiger partial charge in [0, 0.05) is 16.2 Å². The maximum atomic E-state index is 12.6. The summed E-state index contributed by atoms with van der Waals surface area (Å²) in [5, 5.41) is 2.68. The topological polar surface area (TPSA) is 88.6 Å². The fourth-order valence-corrected chi connectivity index (χ4v) is 2.85. The molecule has 2 heterocycles. The maximum Gasteiger partial charge on any atom is 0.265 e. The van der Waals surface area contributed by atoms with Gasteiger partial charge in [0.05, 0.1) is 5.69 Å². The molecule has 3 rings (SSSR count). The van der Waals surface area contributed by atoms with Gasteiger partial charge in [0.25, 0.3) is 5.91 Å². The average Bonchev–Trinajstić information content (AvgIpc) is 2.62. The Morgan fingerprint density at radius 2 is 2.08 bits per heavy atom. The first kappa shape index (κ1) is 18.1. The number of amides is 2. The summed E-state index contributed by atoms with van der Waals surface area (Å²) in [5.41, 5.74) is 0.842. The van der Waals surface area contributed by atoms with Crippen molar-refractivity contribution < 1.29 is 19.1 Å². The third-order valence-electron chi connectivity index (χ3n) is 3.99. The molecule has 1 N–H and O–H groups in total. The van der Waals surface area contributed by atoms with E-state index in [4.69, 9.17) is 4.74 Å². The van der Waals surface area contributed by atoms with Crippen LogP contribution < -0.4 is 15.0 Å². The fourth-order valence-electron chi connectivity index (χ4n) is 2.61. The highest BCUT2D eigenvalue weighted by molar-refractivity contribution is 9.10. The van der Waals surface area contributed by atoms with Crippen LogP contribution in [0.1, 0.15) is 24.2 Å². The molecule has 1 aliphatic rings. The van der Waals surface area contributed by atoms with Crippen molar-refractivity contribution in [1.82, 2.24) is 4.98 Å². The number of ether oxygens (including phenoxy) is 1. The third kappa shape index (κ3) is 3.60. The van der Waals surface area contributed by atoms with Crippen LogP contribution in [0.5, 0.6) is 5.75 Å². The van der Waals surface area contributed by atoms with Crippen LogP contribution in [0.2, 0.25) is 0 Å². The standard InChI is InChI=1S/C18H16BrN3O4/c1-10(18(25)21-16-6-4-13(19)8-20-16)22-14-7-12(11(2)23)3-5-15(14)26-9-17(22)24/h3-8,10H,9H2,1-2H3,(H,20,21,25). The molecule has 0 fully saturated rings. The number of aromatic nitrogens is 1. The van der Waals surface area contributed by atoms with Crippen LogP contribution in [0.15, 0.2) is 41.0 Å². The molecule has 1 aliphatic heterocycles. The molecule has 0 spiro atoms. The van der Waals surface area contributed by atoms with Gasteiger partial charge in [-0.1, -0.05) is 0 Å². The molecular weight excluding hydrogens is 402 g/mol. The molecule has 1 aromatic heterocycles. The van der Waals surface area contributed by atoms with Gasteiger partial charge < -0.3 is 10.1 Å². The Morgan fingerprint density at radius 1 is 1.31 bits per heavy atom. The monoisotopic (exact) mass is 417 g/mol. The largest absolute Gasteiger partial charge is 0.482 e. The number of benzene rings is 1. The first-order valence-corrected chi connectivity index (χ1v) is 8.68. The summed E-state index contributed by atoms with van der Waals surface area (Å²) >= 11 is 3.28. The lowest BCUT2D eigenvalue weighted by atomic mass is 10.1. The number of nitrogens with zero attached hydrogens (tertiary/aromatic N) is 2. The summed E-state index contributed by atoms with van der Waals surface area (Å²) in [7, 11) is 0. The van der Waals surface area contributed by atoms with E-state index in [0.717, 1.165) is 4.47 Å². The maximum absolute atomic E-state index is 12.6. The van der Waals surface area contributed by atoms with Gasteiger partial charge in [0.2, 0.25) is 5.91 Å². The highest BCUT2D eigenvalue weighted by atomic mass is 79.9. The number of pyridine rings is 1. The summed E-state index contributed by atoms with van der Waals surface area (Å²) in [6.45, 7) is 2.88. The molecule has 26 heavy (non-hydrogen) atoms. The van der Waals surface area contributed by atoms with Gasteiger partial charge in [-0.3, -0.25) is 19.3 Å². The Morgan fingerprint density at radius 3 is 2.73 bits per heavy atom. The lowest BCUT2D eigenvalue weighted by Gasteiger charge is -2.33. The molecule has 2 amide bonds. The van der Waals surface area contributed by atoms with Gasteiger partial charge in [0.1, 0.15) is 17.6 Å². The number of rotatable bonds is 4. The third-order valence-corrected chi connectivity index (χ3v) is 4.46. The van der Waals surface area contributed by atoms with E-state index in [2.05, 4.69) is 26.2 Å². The van der Waals surface area contributed by atoms with Gasteiger partial charge in [-0.05, 0) is 60.1 Å². The Hall–Kier alpha value is -2.74. The molecule has 0 bridgehead atoms. The molecule has 0 aliphatic carbocycles. The molecule has 7 nitrogen and oxygen atoms in total. The molecule has 2 aromatic rings. The number of hydrogen-bond donors (Lipinski definition) is 1. The van der Waals surface area contributed by atoms with Crippen LogP contribution in [0.25, 0.3) is 0 Å². The van der Waals surface area contributed by atoms with Crippen LogP contribution in [0.4, 0.5) is 11.5 Å². The molecule has 1 aromatic carbocycles. The first-order chi connectivity index (χ1) is 12.4. The molecule has 0 saturated heterocycles. The first-order valence-electron chi connectivity index (χ1n) is 7.89. The molecule has 134 valence electrons. The van der Waals surface area contributed by atoms with E-state index in [1.54, 1.807) is 43.5 Å². The second-order valence-electron chi connectivity index (χ2n) is 5.82. The number of carbonyl (C=O) groups excluding carboxylic acids is 3. The van der Waals surface area contributed by atoms with Crippen LogP contribution in [0, 0.1) is 0 Å². The lowest BCUT2D eigenvalue weighted by Crippen LogP contribution is -2.49. The van der Waals surface area contributed by atoms with Crippen molar-refractivity contribution in [3.63, 3.8) is 0 Å². The normalized spacial score (nSPS) is 14.3. The summed E-state index contributed by atoms with van der Waals surface area (Å²) in [4.78, 5) is 42.1. The number of ketones is 1. The van der Waals surface area contributed by atoms with Gasteiger partial charge in [-0.25, -0.2) is 4.98 Å². The van der Waals surface area contributed by atoms with E-state index in [9.17, 15) is 14.4 Å². The Labute approximate surface area is 158 Å². The van der Waals surface area contributed by atoms with Crippen molar-refractivity contribution >= 4 is 45.0 Å². The van der Waals surface area contributed by atoms with Crippen molar-refractivity contribution in [1.29, 1.82) is 0 Å². The second-order valence-corrected chi connectivity index (χ2v) is 6.73. The molecular formula is C18H16BrN3O4. The summed E-state index contributed by atoms with van der Waals surface area (Å²) in [5.74, 6) is -0.0553. The Kier molecular flexibility index (Phi) is 5.03. The van der Waals surface area contributed by atoms with E-state index < -0.39 is 11.9 Å². The number of Topliss-reactive ketones (excluding diaryl/α,β-unsaturated/α-hetero) is 1. The molecule has 0 radical (unpaired) electrons. The summed E-state index contributed by atoms with van der Waals surface area (Å²) < 4.78 is 6.20. The van der Waals surface area contributed by atoms with E-state index in [1.807, 2.05) is 0 Å². The molecule has 1 unspecified atom stereocenters. The fraction of sp³-hybridized carbons (Fsp3) is 0.222. The van der Waals surface area contributed by atoms with Gasteiger partial charge >= 0.3 is 0 Å². The number of carbonyl (C=O) groups is 3. The van der Waals surface area contributed by atoms with Gasteiger partial charge in [-0.2, -0.15) is 0 Å². The van der Waals surface area contributed by atoms with Crippen LogP contribution >= 0.6 is 15.9 Å². The number of fused-ring (bicyclic) bond motifs is 1. The SMILES string of the molecule is CC(=O)c1ccc2c(c1)N(C(C)C(=O)Nc1ccc(Br)cn1)C(=O)CO2. The quantitative estimate of drug-likeness (QED) is 0.772. The Balaban J connectivity index is 1.88. The second kappa shape index (κ2) is 7.25. The number of halogens is 1. The Bertz CT molecular complexity index is 883. The van der Waals surface area contributed by atoms with Crippen LogP contribution in [-0.2, 0) is 9.59 Å². The van der Waals surface area contributed by atoms with E-state index in [1.165, 1.54) is 11.8 Å². The molecule has 1 atom stereocenters. The smallest absolute Gasteiger partial charge is 0.265 e. The minimum absolute atomic E-state index is 0.137. The lowest BCUT2D eigenvalue weighted by molar-refractivity contribution is -0.125. The van der Waals surface area contributed by atoms with Crippen molar-refractivity contribution in [2.45, 2.75) is 19.9 Å². The predicted octanol–water partition coefficient (Wildman–Crippen LogP) is 2.80. The number of anilines is 2. The van der Waals surface area contributed by atoms with Gasteiger partial charge in [-0.15, -0.1) is 0 Å². The van der Waals surface area contributed by atoms with Crippen LogP contribution in [0.3, 0.4) is 0 Å². The highest BCUT2D eigenvalue weighted by Crippen LogP contribution is 2.34. The zero-order chi connectivity index (χ0) is 18.8. The predicted molar refractivity (Wildman–Crippen MR) is 99.5 cm³/mol. The molecule has 8 heteroatoms. The van der Waals surface area contributed by atoms with Crippen molar-refractivity contribution in [3.05, 3.63) is 46.6 Å². The number of hydrogen-bond acceptors (Lipinski definition) is 5. The summed E-state index contributed by atoms with van der Waals surface area (Å²) in [6.07, 6.45) is 1.56. The summed E-state index contributed by atoms with van der Waals surface area (Å²) in [6, 6.07) is 7.42. The van der Waals surface area contributed by atoms with E-state index >= 15 is 0 Å².